The van der Waals surface area contributed by atoms with E-state index in [4.69, 9.17) is 4.74 Å². The molecule has 0 bridgehead atoms. The summed E-state index contributed by atoms with van der Waals surface area (Å²) < 4.78 is 22.3. The molecule has 116 valence electrons. The van der Waals surface area contributed by atoms with Crippen LogP contribution in [-0.4, -0.2) is 15.7 Å². The van der Waals surface area contributed by atoms with E-state index in [1.807, 2.05) is 0 Å². The topological polar surface area (TPSA) is 53.2 Å². The second-order valence-electron chi connectivity index (χ2n) is 5.15. The van der Waals surface area contributed by atoms with Crippen LogP contribution in [-0.2, 0) is 11.3 Å². The van der Waals surface area contributed by atoms with E-state index in [2.05, 4.69) is 15.9 Å². The van der Waals surface area contributed by atoms with E-state index in [0.29, 0.717) is 13.0 Å². The highest BCUT2D eigenvalue weighted by molar-refractivity contribution is 9.10. The Labute approximate surface area is 134 Å². The van der Waals surface area contributed by atoms with Gasteiger partial charge in [0.1, 0.15) is 6.23 Å². The van der Waals surface area contributed by atoms with Gasteiger partial charge in [0.05, 0.1) is 12.7 Å². The summed E-state index contributed by atoms with van der Waals surface area (Å²) in [5.41, 5.74) is -0.727. The molecule has 2 heterocycles. The van der Waals surface area contributed by atoms with E-state index in [0.717, 1.165) is 27.2 Å². The molecule has 1 fully saturated rings. The lowest BCUT2D eigenvalue weighted by Crippen LogP contribution is -2.42. The second kappa shape index (κ2) is 6.18. The van der Waals surface area contributed by atoms with E-state index >= 15 is 0 Å². The average molecular weight is 369 g/mol. The van der Waals surface area contributed by atoms with Crippen molar-refractivity contribution in [3.8, 4) is 0 Å². The molecule has 0 N–H and O–H groups in total. The Kier molecular flexibility index (Phi) is 4.26. The molecule has 0 saturated carbocycles. The predicted molar refractivity (Wildman–Crippen MR) is 82.4 cm³/mol. The van der Waals surface area contributed by atoms with Crippen LogP contribution in [0, 0.1) is 5.82 Å². The lowest BCUT2D eigenvalue weighted by molar-refractivity contribution is 0.0504. The first-order valence-corrected chi connectivity index (χ1v) is 7.73. The average Bonchev–Trinajstić information content (AvgIpc) is 3.03. The third-order valence-electron chi connectivity index (χ3n) is 3.62. The fourth-order valence-electron chi connectivity index (χ4n) is 2.49. The Morgan fingerprint density at radius 1 is 1.27 bits per heavy atom. The van der Waals surface area contributed by atoms with Crippen molar-refractivity contribution in [1.82, 2.24) is 9.13 Å². The molecule has 0 radical (unpaired) electrons. The maximum absolute atomic E-state index is 13.9. The zero-order valence-electron chi connectivity index (χ0n) is 11.7. The van der Waals surface area contributed by atoms with E-state index in [1.165, 1.54) is 4.57 Å². The molecule has 1 atom stereocenters. The monoisotopic (exact) mass is 368 g/mol. The molecular weight excluding hydrogens is 355 g/mol. The van der Waals surface area contributed by atoms with Gasteiger partial charge in [0.15, 0.2) is 0 Å². The van der Waals surface area contributed by atoms with Gasteiger partial charge in [-0.2, -0.15) is 4.39 Å². The van der Waals surface area contributed by atoms with Crippen molar-refractivity contribution < 1.29 is 9.13 Å². The summed E-state index contributed by atoms with van der Waals surface area (Å²) in [4.78, 5) is 24.4. The van der Waals surface area contributed by atoms with E-state index < -0.39 is 23.3 Å². The number of aromatic nitrogens is 2. The number of hydrogen-bond donors (Lipinski definition) is 0. The number of hydrogen-bond acceptors (Lipinski definition) is 3. The van der Waals surface area contributed by atoms with Crippen LogP contribution in [0.3, 0.4) is 0 Å². The summed E-state index contributed by atoms with van der Waals surface area (Å²) in [5.74, 6) is -0.952. The summed E-state index contributed by atoms with van der Waals surface area (Å²) in [6, 6.07) is 7.16. The molecule has 0 unspecified atom stereocenters. The van der Waals surface area contributed by atoms with Gasteiger partial charge in [0.25, 0.3) is 5.56 Å². The summed E-state index contributed by atoms with van der Waals surface area (Å²) in [6.45, 7) is 0.556. The van der Waals surface area contributed by atoms with Gasteiger partial charge in [-0.1, -0.05) is 28.1 Å². The minimum atomic E-state index is -0.952. The zero-order chi connectivity index (χ0) is 15.7. The molecular formula is C15H14BrFN2O3. The number of ether oxygens (including phenoxy) is 1. The molecule has 0 amide bonds. The maximum atomic E-state index is 13.9. The number of benzene rings is 1. The van der Waals surface area contributed by atoms with Crippen molar-refractivity contribution in [2.45, 2.75) is 25.6 Å². The number of nitrogens with zero attached hydrogens (tertiary/aromatic N) is 2. The molecule has 1 aromatic carbocycles. The van der Waals surface area contributed by atoms with Crippen LogP contribution in [0.25, 0.3) is 0 Å². The Morgan fingerprint density at radius 3 is 2.64 bits per heavy atom. The van der Waals surface area contributed by atoms with Crippen LogP contribution in [0.2, 0.25) is 0 Å². The van der Waals surface area contributed by atoms with Crippen LogP contribution in [0.15, 0.2) is 44.5 Å². The molecule has 1 aliphatic rings. The van der Waals surface area contributed by atoms with Crippen LogP contribution < -0.4 is 11.2 Å². The van der Waals surface area contributed by atoms with Gasteiger partial charge in [-0.15, -0.1) is 0 Å². The van der Waals surface area contributed by atoms with Crippen LogP contribution >= 0.6 is 15.9 Å². The predicted octanol–water partition coefficient (Wildman–Crippen LogP) is 2.27. The van der Waals surface area contributed by atoms with Crippen molar-refractivity contribution in [3.63, 3.8) is 0 Å². The van der Waals surface area contributed by atoms with Crippen LogP contribution in [0.5, 0.6) is 0 Å². The Balaban J connectivity index is 2.04. The molecule has 22 heavy (non-hydrogen) atoms. The maximum Gasteiger partial charge on any atom is 0.333 e. The summed E-state index contributed by atoms with van der Waals surface area (Å²) >= 11 is 3.32. The van der Waals surface area contributed by atoms with Crippen molar-refractivity contribution in [1.29, 1.82) is 0 Å². The van der Waals surface area contributed by atoms with E-state index in [9.17, 15) is 14.0 Å². The van der Waals surface area contributed by atoms with Crippen LogP contribution in [0.1, 0.15) is 24.6 Å². The van der Waals surface area contributed by atoms with Crippen molar-refractivity contribution in [2.75, 3.05) is 6.61 Å². The summed E-state index contributed by atoms with van der Waals surface area (Å²) in [6.07, 6.45) is 1.89. The van der Waals surface area contributed by atoms with Crippen LogP contribution in [0.4, 0.5) is 4.39 Å². The highest BCUT2D eigenvalue weighted by Crippen LogP contribution is 2.20. The van der Waals surface area contributed by atoms with Gasteiger partial charge in [-0.3, -0.25) is 13.9 Å². The van der Waals surface area contributed by atoms with Gasteiger partial charge in [-0.05, 0) is 30.5 Å². The fourth-order valence-corrected chi connectivity index (χ4v) is 2.75. The number of rotatable bonds is 3. The third kappa shape index (κ3) is 2.91. The fraction of sp³-hybridized carbons (Fsp3) is 0.333. The molecule has 3 rings (SSSR count). The first-order chi connectivity index (χ1) is 10.6. The molecule has 1 aliphatic heterocycles. The third-order valence-corrected chi connectivity index (χ3v) is 4.15. The minimum Gasteiger partial charge on any atom is -0.358 e. The molecule has 2 aromatic rings. The summed E-state index contributed by atoms with van der Waals surface area (Å²) in [5, 5.41) is 0. The molecule has 0 aliphatic carbocycles. The smallest absolute Gasteiger partial charge is 0.333 e. The van der Waals surface area contributed by atoms with E-state index in [-0.39, 0.29) is 6.54 Å². The zero-order valence-corrected chi connectivity index (χ0v) is 13.3. The standard InChI is InChI=1S/C15H14BrFN2O3/c16-11-5-3-10(4-6-11)8-19-14(20)12(17)9-18(15(19)21)13-2-1-7-22-13/h3-6,9,13H,1-2,7-8H2/t13-/m0/s1. The minimum absolute atomic E-state index is 0.0232. The molecule has 1 saturated heterocycles. The van der Waals surface area contributed by atoms with Gasteiger partial charge < -0.3 is 4.74 Å². The quantitative estimate of drug-likeness (QED) is 0.834. The van der Waals surface area contributed by atoms with Gasteiger partial charge in [0.2, 0.25) is 5.82 Å². The van der Waals surface area contributed by atoms with Gasteiger partial charge >= 0.3 is 5.69 Å². The normalized spacial score (nSPS) is 17.8. The van der Waals surface area contributed by atoms with E-state index in [1.54, 1.807) is 24.3 Å². The first kappa shape index (κ1) is 15.2. The Bertz CT molecular complexity index is 792. The van der Waals surface area contributed by atoms with Gasteiger partial charge in [0, 0.05) is 11.1 Å². The largest absolute Gasteiger partial charge is 0.358 e. The molecule has 7 heteroatoms. The van der Waals surface area contributed by atoms with Crippen molar-refractivity contribution >= 4 is 15.9 Å². The molecule has 0 spiro atoms. The molecule has 5 nitrogen and oxygen atoms in total. The highest BCUT2D eigenvalue weighted by Gasteiger charge is 2.22. The molecule has 1 aromatic heterocycles. The van der Waals surface area contributed by atoms with Crippen molar-refractivity contribution in [3.05, 3.63) is 67.2 Å². The lowest BCUT2D eigenvalue weighted by Gasteiger charge is -2.15. The second-order valence-corrected chi connectivity index (χ2v) is 6.07. The SMILES string of the molecule is O=c1c(F)cn([C@@H]2CCCO2)c(=O)n1Cc1ccc(Br)cc1. The summed E-state index contributed by atoms with van der Waals surface area (Å²) in [7, 11) is 0. The Hall–Kier alpha value is -1.73. The lowest BCUT2D eigenvalue weighted by atomic mass is 10.2. The first-order valence-electron chi connectivity index (χ1n) is 6.94. The number of halogens is 2. The highest BCUT2D eigenvalue weighted by atomic mass is 79.9. The van der Waals surface area contributed by atoms with Crippen molar-refractivity contribution in [2.24, 2.45) is 0 Å². The van der Waals surface area contributed by atoms with Gasteiger partial charge in [-0.25, -0.2) is 4.79 Å². The Morgan fingerprint density at radius 2 is 2.00 bits per heavy atom.